The fraction of sp³-hybridized carbons (Fsp3) is 0.333. The second-order valence-corrected chi connectivity index (χ2v) is 5.67. The molecule has 0 aliphatic carbocycles. The number of nitrogens with one attached hydrogen (secondary N) is 1. The number of hydrogen-bond donors (Lipinski definition) is 3. The predicted molar refractivity (Wildman–Crippen MR) is 80.9 cm³/mol. The number of hydrogen-bond acceptors (Lipinski definition) is 5. The molecule has 8 heteroatoms. The molecule has 23 heavy (non-hydrogen) atoms. The number of pyridine rings is 1. The first kappa shape index (κ1) is 16.5. The number of carboxylic acid groups (broad SMARTS) is 1. The highest BCUT2D eigenvalue weighted by atomic mass is 16.4. The maximum Gasteiger partial charge on any atom is 0.338 e. The highest BCUT2D eigenvalue weighted by Crippen LogP contribution is 2.21. The van der Waals surface area contributed by atoms with E-state index >= 15 is 0 Å². The predicted octanol–water partition coefficient (Wildman–Crippen LogP) is 1.16. The molecule has 0 saturated heterocycles. The summed E-state index contributed by atoms with van der Waals surface area (Å²) in [6, 6.07) is 2.73. The first-order valence-electron chi connectivity index (χ1n) is 6.90. The van der Waals surface area contributed by atoms with Gasteiger partial charge in [-0.3, -0.25) is 9.59 Å². The average molecular weight is 319 g/mol. The number of aromatic nitrogens is 1. The second-order valence-electron chi connectivity index (χ2n) is 5.67. The number of primary amides is 1. The molecule has 0 aliphatic heterocycles. The van der Waals surface area contributed by atoms with E-state index in [1.165, 1.54) is 25.3 Å². The Morgan fingerprint density at radius 1 is 1.39 bits per heavy atom. The van der Waals surface area contributed by atoms with Gasteiger partial charge in [-0.2, -0.15) is 0 Å². The zero-order chi connectivity index (χ0) is 17.4. The van der Waals surface area contributed by atoms with Gasteiger partial charge >= 0.3 is 5.97 Å². The van der Waals surface area contributed by atoms with Crippen LogP contribution in [0.2, 0.25) is 0 Å². The molecule has 0 fully saturated rings. The van der Waals surface area contributed by atoms with Crippen molar-refractivity contribution in [1.29, 1.82) is 0 Å². The molecule has 2 aromatic heterocycles. The van der Waals surface area contributed by atoms with Crippen LogP contribution in [-0.4, -0.2) is 33.4 Å². The largest absolute Gasteiger partial charge is 0.478 e. The normalized spacial score (nSPS) is 13.7. The van der Waals surface area contributed by atoms with Gasteiger partial charge in [0.05, 0.1) is 11.8 Å². The van der Waals surface area contributed by atoms with E-state index in [1.807, 2.05) is 0 Å². The van der Waals surface area contributed by atoms with E-state index in [0.29, 0.717) is 5.52 Å². The molecule has 0 bridgehead atoms. The Bertz CT molecular complexity index is 796. The lowest BCUT2D eigenvalue weighted by atomic mass is 9.87. The van der Waals surface area contributed by atoms with E-state index in [0.717, 1.165) is 0 Å². The van der Waals surface area contributed by atoms with Gasteiger partial charge in [-0.15, -0.1) is 0 Å². The van der Waals surface area contributed by atoms with E-state index in [4.69, 9.17) is 10.2 Å². The lowest BCUT2D eigenvalue weighted by molar-refractivity contribution is -0.125. The monoisotopic (exact) mass is 319 g/mol. The van der Waals surface area contributed by atoms with Gasteiger partial charge in [0.15, 0.2) is 5.58 Å². The number of carbonyl (C=O) groups is 3. The Hall–Kier alpha value is -2.90. The van der Waals surface area contributed by atoms with Crippen LogP contribution in [0.1, 0.15) is 41.6 Å². The third-order valence-electron chi connectivity index (χ3n) is 3.92. The van der Waals surface area contributed by atoms with Gasteiger partial charge in [0, 0.05) is 6.07 Å². The topological polar surface area (TPSA) is 136 Å². The standard InChI is InChI=1S/C15H17N3O5/c1-7(2)15(3,14(16)22)18-12(19)11-8(13(20)21)6-10-9(17-11)4-5-23-10/h4-7H,1-3H3,(H2,16,22)(H,18,19)(H,20,21). The van der Waals surface area contributed by atoms with Gasteiger partial charge in [0.25, 0.3) is 5.91 Å². The molecule has 1 atom stereocenters. The van der Waals surface area contributed by atoms with Crippen molar-refractivity contribution in [3.8, 4) is 0 Å². The molecule has 8 nitrogen and oxygen atoms in total. The molecule has 2 aromatic rings. The smallest absolute Gasteiger partial charge is 0.338 e. The summed E-state index contributed by atoms with van der Waals surface area (Å²) < 4.78 is 5.09. The van der Waals surface area contributed by atoms with Crippen LogP contribution in [0.5, 0.6) is 0 Å². The highest BCUT2D eigenvalue weighted by molar-refractivity contribution is 6.07. The molecule has 2 amide bonds. The van der Waals surface area contributed by atoms with E-state index < -0.39 is 23.3 Å². The summed E-state index contributed by atoms with van der Waals surface area (Å²) in [6.07, 6.45) is 1.34. The molecule has 1 unspecified atom stereocenters. The van der Waals surface area contributed by atoms with Crippen molar-refractivity contribution < 1.29 is 23.9 Å². The van der Waals surface area contributed by atoms with Crippen LogP contribution >= 0.6 is 0 Å². The first-order valence-corrected chi connectivity index (χ1v) is 6.90. The quantitative estimate of drug-likeness (QED) is 0.756. The van der Waals surface area contributed by atoms with Crippen LogP contribution in [0, 0.1) is 5.92 Å². The minimum absolute atomic E-state index is 0.250. The van der Waals surface area contributed by atoms with E-state index in [2.05, 4.69) is 10.3 Å². The van der Waals surface area contributed by atoms with Gasteiger partial charge in [-0.1, -0.05) is 13.8 Å². The van der Waals surface area contributed by atoms with E-state index in [-0.39, 0.29) is 22.8 Å². The minimum Gasteiger partial charge on any atom is -0.478 e. The van der Waals surface area contributed by atoms with Gasteiger partial charge in [-0.05, 0) is 18.9 Å². The number of rotatable bonds is 5. The summed E-state index contributed by atoms with van der Waals surface area (Å²) in [6.45, 7) is 4.92. The van der Waals surface area contributed by atoms with Crippen LogP contribution in [-0.2, 0) is 4.79 Å². The number of nitrogens with zero attached hydrogens (tertiary/aromatic N) is 1. The minimum atomic E-state index is -1.33. The zero-order valence-corrected chi connectivity index (χ0v) is 12.9. The van der Waals surface area contributed by atoms with Crippen LogP contribution in [0.3, 0.4) is 0 Å². The van der Waals surface area contributed by atoms with E-state index in [1.54, 1.807) is 13.8 Å². The molecule has 2 rings (SSSR count). The first-order chi connectivity index (χ1) is 10.7. The molecule has 0 aliphatic rings. The third kappa shape index (κ3) is 2.87. The molecule has 0 radical (unpaired) electrons. The number of aromatic carboxylic acids is 1. The fourth-order valence-corrected chi connectivity index (χ4v) is 2.02. The number of furan rings is 1. The Labute approximate surface area is 131 Å². The SMILES string of the molecule is CC(C)C(C)(NC(=O)c1nc2ccoc2cc1C(=O)O)C(N)=O. The summed E-state index contributed by atoms with van der Waals surface area (Å²) in [4.78, 5) is 39.6. The maximum absolute atomic E-state index is 12.5. The Balaban J connectivity index is 2.50. The molecule has 4 N–H and O–H groups in total. The van der Waals surface area contributed by atoms with Crippen molar-refractivity contribution >= 4 is 28.9 Å². The van der Waals surface area contributed by atoms with E-state index in [9.17, 15) is 19.5 Å². The van der Waals surface area contributed by atoms with Crippen LogP contribution in [0.4, 0.5) is 0 Å². The van der Waals surface area contributed by atoms with Crippen molar-refractivity contribution in [1.82, 2.24) is 10.3 Å². The summed E-state index contributed by atoms with van der Waals surface area (Å²) in [5.74, 6) is -3.14. The molecule has 122 valence electrons. The van der Waals surface area contributed by atoms with Crippen molar-refractivity contribution in [2.45, 2.75) is 26.3 Å². The Morgan fingerprint density at radius 3 is 2.57 bits per heavy atom. The van der Waals surface area contributed by atoms with Crippen molar-refractivity contribution in [3.63, 3.8) is 0 Å². The lowest BCUT2D eigenvalue weighted by Crippen LogP contribution is -2.58. The van der Waals surface area contributed by atoms with Gasteiger partial charge in [0.1, 0.15) is 16.7 Å². The number of nitrogens with two attached hydrogens (primary N) is 1. The second kappa shape index (κ2) is 5.71. The van der Waals surface area contributed by atoms with Crippen molar-refractivity contribution in [3.05, 3.63) is 29.7 Å². The molecule has 0 aromatic carbocycles. The molecule has 0 saturated carbocycles. The molecular weight excluding hydrogens is 302 g/mol. The highest BCUT2D eigenvalue weighted by Gasteiger charge is 2.37. The molecular formula is C15H17N3O5. The van der Waals surface area contributed by atoms with Crippen molar-refractivity contribution in [2.75, 3.05) is 0 Å². The summed E-state index contributed by atoms with van der Waals surface area (Å²) >= 11 is 0. The summed E-state index contributed by atoms with van der Waals surface area (Å²) in [5, 5.41) is 11.8. The van der Waals surface area contributed by atoms with Crippen LogP contribution in [0.15, 0.2) is 22.8 Å². The number of carbonyl (C=O) groups excluding carboxylic acids is 2. The maximum atomic E-state index is 12.5. The molecule has 2 heterocycles. The van der Waals surface area contributed by atoms with Crippen LogP contribution < -0.4 is 11.1 Å². The van der Waals surface area contributed by atoms with Gasteiger partial charge < -0.3 is 20.6 Å². The number of amides is 2. The fourth-order valence-electron chi connectivity index (χ4n) is 2.02. The lowest BCUT2D eigenvalue weighted by Gasteiger charge is -2.31. The van der Waals surface area contributed by atoms with Crippen molar-refractivity contribution in [2.24, 2.45) is 11.7 Å². The average Bonchev–Trinajstić information content (AvgIpc) is 2.92. The Kier molecular flexibility index (Phi) is 4.09. The number of fused-ring (bicyclic) bond motifs is 1. The summed E-state index contributed by atoms with van der Waals surface area (Å²) in [7, 11) is 0. The number of carboxylic acids is 1. The Morgan fingerprint density at radius 2 is 2.04 bits per heavy atom. The van der Waals surface area contributed by atoms with Crippen LogP contribution in [0.25, 0.3) is 11.1 Å². The third-order valence-corrected chi connectivity index (χ3v) is 3.92. The molecule has 0 spiro atoms. The summed E-state index contributed by atoms with van der Waals surface area (Å²) in [5.41, 5.74) is 4.00. The van der Waals surface area contributed by atoms with Gasteiger partial charge in [-0.25, -0.2) is 9.78 Å². The zero-order valence-electron chi connectivity index (χ0n) is 12.9. The van der Waals surface area contributed by atoms with Gasteiger partial charge in [0.2, 0.25) is 5.91 Å².